The molecule has 2 aromatic heterocycles. The van der Waals surface area contributed by atoms with Crippen molar-refractivity contribution in [2.24, 2.45) is 0 Å². The molecule has 0 aliphatic rings. The normalized spacial score (nSPS) is 11.7. The number of rotatable bonds is 5. The largest absolute Gasteiger partial charge is 0.357 e. The summed E-state index contributed by atoms with van der Waals surface area (Å²) in [5, 5.41) is 5.66. The lowest BCUT2D eigenvalue weighted by atomic mass is 10.0. The third-order valence-corrected chi connectivity index (χ3v) is 5.00. The fourth-order valence-electron chi connectivity index (χ4n) is 3.38. The molecule has 0 saturated heterocycles. The molecule has 0 bridgehead atoms. The van der Waals surface area contributed by atoms with Gasteiger partial charge in [0.1, 0.15) is 6.04 Å². The van der Waals surface area contributed by atoms with Gasteiger partial charge in [-0.25, -0.2) is 13.8 Å². The third kappa shape index (κ3) is 4.15. The van der Waals surface area contributed by atoms with Crippen LogP contribution < -0.4 is 10.6 Å². The van der Waals surface area contributed by atoms with Crippen LogP contribution in [0.5, 0.6) is 0 Å². The molecule has 6 nitrogen and oxygen atoms in total. The Balaban J connectivity index is 1.77. The summed E-state index contributed by atoms with van der Waals surface area (Å²) in [7, 11) is 1.39. The monoisotopic (exact) mass is 432 g/mol. The number of nitrogens with one attached hydrogen (secondary N) is 2. The summed E-state index contributed by atoms with van der Waals surface area (Å²) in [6.45, 7) is 0. The summed E-state index contributed by atoms with van der Waals surface area (Å²) < 4.78 is 27.2. The lowest BCUT2D eigenvalue weighted by molar-refractivity contribution is -0.122. The highest BCUT2D eigenvalue weighted by Gasteiger charge is 2.25. The van der Waals surface area contributed by atoms with Gasteiger partial charge >= 0.3 is 0 Å². The molecule has 0 saturated carbocycles. The van der Waals surface area contributed by atoms with Crippen molar-refractivity contribution in [1.82, 2.24) is 20.6 Å². The van der Waals surface area contributed by atoms with Gasteiger partial charge in [0.25, 0.3) is 5.91 Å². The Morgan fingerprint density at radius 2 is 1.69 bits per heavy atom. The number of amides is 2. The van der Waals surface area contributed by atoms with Crippen molar-refractivity contribution in [1.29, 1.82) is 0 Å². The second-order valence-corrected chi connectivity index (χ2v) is 7.00. The van der Waals surface area contributed by atoms with Crippen molar-refractivity contribution in [3.05, 3.63) is 95.8 Å². The molecular weight excluding hydrogens is 414 g/mol. The molecule has 4 rings (SSSR count). The third-order valence-electron chi connectivity index (χ3n) is 5.00. The van der Waals surface area contributed by atoms with E-state index in [2.05, 4.69) is 20.6 Å². The first-order valence-electron chi connectivity index (χ1n) is 9.75. The molecule has 8 heteroatoms. The van der Waals surface area contributed by atoms with E-state index in [0.29, 0.717) is 22.2 Å². The molecule has 0 spiro atoms. The van der Waals surface area contributed by atoms with Crippen molar-refractivity contribution in [2.75, 3.05) is 7.05 Å². The second kappa shape index (κ2) is 8.89. The van der Waals surface area contributed by atoms with Gasteiger partial charge in [-0.1, -0.05) is 24.3 Å². The van der Waals surface area contributed by atoms with E-state index >= 15 is 0 Å². The van der Waals surface area contributed by atoms with Gasteiger partial charge in [0, 0.05) is 30.4 Å². The van der Waals surface area contributed by atoms with E-state index < -0.39 is 29.5 Å². The number of likely N-dealkylation sites (N-methyl/N-ethyl adjacent to an activating group) is 1. The summed E-state index contributed by atoms with van der Waals surface area (Å²) in [4.78, 5) is 34.4. The van der Waals surface area contributed by atoms with Crippen LogP contribution in [-0.2, 0) is 4.79 Å². The van der Waals surface area contributed by atoms with Crippen LogP contribution in [0.3, 0.4) is 0 Å². The number of nitrogens with zero attached hydrogens (tertiary/aromatic N) is 2. The van der Waals surface area contributed by atoms with Gasteiger partial charge in [0.2, 0.25) is 5.91 Å². The first kappa shape index (κ1) is 21.0. The molecule has 160 valence electrons. The average molecular weight is 432 g/mol. The Bertz CT molecular complexity index is 1310. The maximum absolute atomic E-state index is 13.8. The van der Waals surface area contributed by atoms with Gasteiger partial charge in [-0.2, -0.15) is 0 Å². The van der Waals surface area contributed by atoms with E-state index in [9.17, 15) is 18.4 Å². The smallest absolute Gasteiger partial charge is 0.252 e. The van der Waals surface area contributed by atoms with Crippen molar-refractivity contribution in [2.45, 2.75) is 6.04 Å². The number of hydrogen-bond donors (Lipinski definition) is 2. The predicted octanol–water partition coefficient (Wildman–Crippen LogP) is 3.79. The fourth-order valence-corrected chi connectivity index (χ4v) is 3.38. The van der Waals surface area contributed by atoms with Crippen molar-refractivity contribution < 1.29 is 18.4 Å². The molecule has 0 aliphatic heterocycles. The molecule has 0 fully saturated rings. The molecule has 4 aromatic rings. The highest BCUT2D eigenvalue weighted by molar-refractivity contribution is 6.08. The quantitative estimate of drug-likeness (QED) is 0.503. The predicted molar refractivity (Wildman–Crippen MR) is 116 cm³/mol. The van der Waals surface area contributed by atoms with Gasteiger partial charge in [-0.3, -0.25) is 14.6 Å². The lowest BCUT2D eigenvalue weighted by Gasteiger charge is -2.19. The van der Waals surface area contributed by atoms with E-state index in [0.717, 1.165) is 17.7 Å². The second-order valence-electron chi connectivity index (χ2n) is 7.00. The van der Waals surface area contributed by atoms with Crippen molar-refractivity contribution >= 4 is 22.7 Å². The Hall–Kier alpha value is -4.20. The molecular formula is C24H18F2N4O2. The van der Waals surface area contributed by atoms with Crippen molar-refractivity contribution in [3.8, 4) is 11.3 Å². The zero-order chi connectivity index (χ0) is 22.7. The van der Waals surface area contributed by atoms with E-state index in [-0.39, 0.29) is 5.56 Å². The van der Waals surface area contributed by atoms with E-state index in [1.807, 2.05) is 6.07 Å². The molecule has 0 aliphatic carbocycles. The maximum atomic E-state index is 13.8. The highest BCUT2D eigenvalue weighted by Crippen LogP contribution is 2.25. The van der Waals surface area contributed by atoms with Gasteiger partial charge in [0.15, 0.2) is 11.6 Å². The van der Waals surface area contributed by atoms with Crippen LogP contribution >= 0.6 is 0 Å². The molecule has 2 N–H and O–H groups in total. The zero-order valence-corrected chi connectivity index (χ0v) is 17.0. The maximum Gasteiger partial charge on any atom is 0.252 e. The minimum Gasteiger partial charge on any atom is -0.357 e. The van der Waals surface area contributed by atoms with Crippen LogP contribution in [0, 0.1) is 11.6 Å². The molecule has 2 aromatic carbocycles. The number of carbonyl (C=O) groups is 2. The fraction of sp³-hybridized carbons (Fsp3) is 0.0833. The van der Waals surface area contributed by atoms with Crippen LogP contribution in [0.2, 0.25) is 0 Å². The number of hydrogen-bond acceptors (Lipinski definition) is 4. The van der Waals surface area contributed by atoms with Gasteiger partial charge in [-0.05, 0) is 42.0 Å². The molecule has 2 amide bonds. The van der Waals surface area contributed by atoms with Crippen LogP contribution in [0.1, 0.15) is 22.0 Å². The van der Waals surface area contributed by atoms with E-state index in [1.165, 1.54) is 13.1 Å². The lowest BCUT2D eigenvalue weighted by Crippen LogP contribution is -2.39. The number of benzene rings is 2. The van der Waals surface area contributed by atoms with E-state index in [1.54, 1.807) is 48.8 Å². The number of aromatic nitrogens is 2. The van der Waals surface area contributed by atoms with Crippen molar-refractivity contribution in [3.63, 3.8) is 0 Å². The van der Waals surface area contributed by atoms with Crippen LogP contribution in [0.25, 0.3) is 22.2 Å². The summed E-state index contributed by atoms with van der Waals surface area (Å²) >= 11 is 0. The number of pyridine rings is 2. The number of fused-ring (bicyclic) bond motifs is 1. The van der Waals surface area contributed by atoms with Gasteiger partial charge in [-0.15, -0.1) is 0 Å². The molecule has 2 heterocycles. The highest BCUT2D eigenvalue weighted by atomic mass is 19.2. The zero-order valence-electron chi connectivity index (χ0n) is 17.0. The summed E-state index contributed by atoms with van der Waals surface area (Å²) in [6.07, 6.45) is 3.24. The number of halogens is 2. The summed E-state index contributed by atoms with van der Waals surface area (Å²) in [5.74, 6) is -3.29. The minimum absolute atomic E-state index is 0.115. The van der Waals surface area contributed by atoms with Crippen LogP contribution in [-0.4, -0.2) is 28.8 Å². The first-order chi connectivity index (χ1) is 15.5. The van der Waals surface area contributed by atoms with Gasteiger partial charge in [0.05, 0.1) is 16.8 Å². The van der Waals surface area contributed by atoms with Crippen LogP contribution in [0.15, 0.2) is 73.1 Å². The topological polar surface area (TPSA) is 84.0 Å². The Kier molecular flexibility index (Phi) is 5.85. The Morgan fingerprint density at radius 1 is 0.938 bits per heavy atom. The minimum atomic E-state index is -1.22. The Morgan fingerprint density at radius 3 is 2.41 bits per heavy atom. The van der Waals surface area contributed by atoms with E-state index in [4.69, 9.17) is 0 Å². The summed E-state index contributed by atoms with van der Waals surface area (Å²) in [6, 6.07) is 14.1. The molecule has 1 unspecified atom stereocenters. The molecule has 0 radical (unpaired) electrons. The standard InChI is InChI=1S/C24H18F2N4O2/c1-27-24(32)22(15-6-7-18(25)19(26)12-15)30-23(31)17-13-21(14-8-10-28-11-9-14)29-20-5-3-2-4-16(17)20/h2-13,22H,1H3,(H,27,32)(H,30,31). The average Bonchev–Trinajstić information content (AvgIpc) is 2.83. The summed E-state index contributed by atoms with van der Waals surface area (Å²) in [5.41, 5.74) is 2.32. The molecule has 32 heavy (non-hydrogen) atoms. The van der Waals surface area contributed by atoms with Gasteiger partial charge < -0.3 is 10.6 Å². The number of carbonyl (C=O) groups excluding carboxylic acids is 2. The Labute approximate surface area is 182 Å². The first-order valence-corrected chi connectivity index (χ1v) is 9.75. The molecule has 1 atom stereocenters. The SMILES string of the molecule is CNC(=O)C(NC(=O)c1cc(-c2ccncc2)nc2ccccc12)c1ccc(F)c(F)c1. The van der Waals surface area contributed by atoms with Crippen LogP contribution in [0.4, 0.5) is 8.78 Å². The number of para-hydroxylation sites is 1.